The lowest BCUT2D eigenvalue weighted by Gasteiger charge is -2.22. The highest BCUT2D eigenvalue weighted by molar-refractivity contribution is 4.77. The SMILES string of the molecule is N[C@@H]1CCCCCC[C@@H]1N. The van der Waals surface area contributed by atoms with Crippen LogP contribution in [0.3, 0.4) is 0 Å². The molecule has 1 fully saturated rings. The molecule has 0 aliphatic heterocycles. The monoisotopic (exact) mass is 142 g/mol. The van der Waals surface area contributed by atoms with Crippen molar-refractivity contribution in [1.82, 2.24) is 0 Å². The van der Waals surface area contributed by atoms with Gasteiger partial charge >= 0.3 is 0 Å². The Morgan fingerprint density at radius 3 is 1.50 bits per heavy atom. The normalized spacial score (nSPS) is 36.6. The second-order valence-electron chi connectivity index (χ2n) is 3.32. The van der Waals surface area contributed by atoms with Gasteiger partial charge in [0.1, 0.15) is 0 Å². The Kier molecular flexibility index (Phi) is 3.16. The molecule has 4 N–H and O–H groups in total. The molecule has 10 heavy (non-hydrogen) atoms. The Morgan fingerprint density at radius 2 is 1.10 bits per heavy atom. The molecule has 0 aromatic heterocycles. The quantitative estimate of drug-likeness (QED) is 0.530. The lowest BCUT2D eigenvalue weighted by molar-refractivity contribution is 0.403. The highest BCUT2D eigenvalue weighted by Crippen LogP contribution is 2.14. The molecule has 1 rings (SSSR count). The van der Waals surface area contributed by atoms with Gasteiger partial charge in [0.15, 0.2) is 0 Å². The molecule has 0 aromatic rings. The minimum absolute atomic E-state index is 0.264. The molecule has 0 unspecified atom stereocenters. The number of rotatable bonds is 0. The minimum Gasteiger partial charge on any atom is -0.326 e. The van der Waals surface area contributed by atoms with Gasteiger partial charge in [0.05, 0.1) is 0 Å². The van der Waals surface area contributed by atoms with Crippen LogP contribution in [0.15, 0.2) is 0 Å². The standard InChI is InChI=1S/C8H18N2/c9-7-5-3-1-2-4-6-8(7)10/h7-8H,1-6,9-10H2/t7-,8+. The van der Waals surface area contributed by atoms with Crippen LogP contribution >= 0.6 is 0 Å². The fourth-order valence-corrected chi connectivity index (χ4v) is 1.54. The van der Waals surface area contributed by atoms with E-state index >= 15 is 0 Å². The molecular formula is C8H18N2. The maximum atomic E-state index is 5.82. The second kappa shape index (κ2) is 3.94. The van der Waals surface area contributed by atoms with E-state index in [0.29, 0.717) is 0 Å². The average molecular weight is 142 g/mol. The van der Waals surface area contributed by atoms with Crippen LogP contribution in [0.1, 0.15) is 38.5 Å². The van der Waals surface area contributed by atoms with E-state index in [4.69, 9.17) is 11.5 Å². The van der Waals surface area contributed by atoms with Gasteiger partial charge in [-0.05, 0) is 12.8 Å². The first-order chi connectivity index (χ1) is 4.80. The maximum Gasteiger partial charge on any atom is 0.0192 e. The lowest BCUT2D eigenvalue weighted by Crippen LogP contribution is -2.41. The molecule has 0 bridgehead atoms. The molecule has 1 aliphatic rings. The van der Waals surface area contributed by atoms with E-state index in [9.17, 15) is 0 Å². The zero-order valence-corrected chi connectivity index (χ0v) is 6.55. The Hall–Kier alpha value is -0.0800. The molecule has 60 valence electrons. The molecule has 2 nitrogen and oxygen atoms in total. The van der Waals surface area contributed by atoms with Crippen LogP contribution in [-0.4, -0.2) is 12.1 Å². The first-order valence-corrected chi connectivity index (χ1v) is 4.32. The van der Waals surface area contributed by atoms with Gasteiger partial charge in [0.2, 0.25) is 0 Å². The molecule has 0 aromatic carbocycles. The van der Waals surface area contributed by atoms with Crippen LogP contribution in [0.4, 0.5) is 0 Å². The van der Waals surface area contributed by atoms with Gasteiger partial charge in [-0.2, -0.15) is 0 Å². The van der Waals surface area contributed by atoms with Gasteiger partial charge < -0.3 is 11.5 Å². The summed E-state index contributed by atoms with van der Waals surface area (Å²) >= 11 is 0. The molecule has 0 spiro atoms. The van der Waals surface area contributed by atoms with Crippen molar-refractivity contribution in [2.24, 2.45) is 11.5 Å². The summed E-state index contributed by atoms with van der Waals surface area (Å²) in [5.41, 5.74) is 11.6. The largest absolute Gasteiger partial charge is 0.326 e. The molecule has 0 amide bonds. The zero-order valence-electron chi connectivity index (χ0n) is 6.55. The van der Waals surface area contributed by atoms with E-state index in [0.717, 1.165) is 12.8 Å². The third-order valence-corrected chi connectivity index (χ3v) is 2.37. The first-order valence-electron chi connectivity index (χ1n) is 4.32. The van der Waals surface area contributed by atoms with Crippen molar-refractivity contribution in [3.8, 4) is 0 Å². The Morgan fingerprint density at radius 1 is 0.700 bits per heavy atom. The molecular weight excluding hydrogens is 124 g/mol. The van der Waals surface area contributed by atoms with Crippen molar-refractivity contribution >= 4 is 0 Å². The van der Waals surface area contributed by atoms with E-state index in [1.165, 1.54) is 25.7 Å². The Bertz CT molecular complexity index is 81.3. The first kappa shape index (κ1) is 8.02. The Balaban J connectivity index is 2.28. The Labute approximate surface area is 63.0 Å². The smallest absolute Gasteiger partial charge is 0.0192 e. The molecule has 1 aliphatic carbocycles. The van der Waals surface area contributed by atoms with Gasteiger partial charge in [-0.25, -0.2) is 0 Å². The van der Waals surface area contributed by atoms with Gasteiger partial charge in [0.25, 0.3) is 0 Å². The minimum atomic E-state index is 0.264. The summed E-state index contributed by atoms with van der Waals surface area (Å²) in [6.07, 6.45) is 7.49. The molecule has 2 atom stereocenters. The van der Waals surface area contributed by atoms with Gasteiger partial charge in [-0.15, -0.1) is 0 Å². The fourth-order valence-electron chi connectivity index (χ4n) is 1.54. The van der Waals surface area contributed by atoms with Crippen LogP contribution in [0.2, 0.25) is 0 Å². The van der Waals surface area contributed by atoms with Crippen molar-refractivity contribution in [3.05, 3.63) is 0 Å². The average Bonchev–Trinajstić information content (AvgIpc) is 1.92. The van der Waals surface area contributed by atoms with E-state index in [1.807, 2.05) is 0 Å². The van der Waals surface area contributed by atoms with Crippen molar-refractivity contribution < 1.29 is 0 Å². The summed E-state index contributed by atoms with van der Waals surface area (Å²) in [6, 6.07) is 0.528. The molecule has 1 saturated carbocycles. The summed E-state index contributed by atoms with van der Waals surface area (Å²) in [6.45, 7) is 0. The predicted molar refractivity (Wildman–Crippen MR) is 43.7 cm³/mol. The van der Waals surface area contributed by atoms with Crippen molar-refractivity contribution in [3.63, 3.8) is 0 Å². The van der Waals surface area contributed by atoms with Gasteiger partial charge in [0, 0.05) is 12.1 Å². The summed E-state index contributed by atoms with van der Waals surface area (Å²) < 4.78 is 0. The van der Waals surface area contributed by atoms with E-state index < -0.39 is 0 Å². The van der Waals surface area contributed by atoms with E-state index in [2.05, 4.69) is 0 Å². The number of nitrogens with two attached hydrogens (primary N) is 2. The topological polar surface area (TPSA) is 52.0 Å². The maximum absolute atomic E-state index is 5.82. The van der Waals surface area contributed by atoms with Crippen molar-refractivity contribution in [2.75, 3.05) is 0 Å². The lowest BCUT2D eigenvalue weighted by atomic mass is 9.94. The third kappa shape index (κ3) is 2.27. The molecule has 0 radical (unpaired) electrons. The fraction of sp³-hybridized carbons (Fsp3) is 1.00. The summed E-state index contributed by atoms with van der Waals surface area (Å²) in [7, 11) is 0. The highest BCUT2D eigenvalue weighted by atomic mass is 14.8. The van der Waals surface area contributed by atoms with Crippen LogP contribution in [0.5, 0.6) is 0 Å². The van der Waals surface area contributed by atoms with Crippen LogP contribution in [0, 0.1) is 0 Å². The molecule has 2 heteroatoms. The number of hydrogen-bond donors (Lipinski definition) is 2. The van der Waals surface area contributed by atoms with Crippen molar-refractivity contribution in [2.45, 2.75) is 50.6 Å². The second-order valence-corrected chi connectivity index (χ2v) is 3.32. The van der Waals surface area contributed by atoms with Crippen LogP contribution in [0.25, 0.3) is 0 Å². The van der Waals surface area contributed by atoms with Crippen LogP contribution in [-0.2, 0) is 0 Å². The highest BCUT2D eigenvalue weighted by Gasteiger charge is 2.14. The summed E-state index contributed by atoms with van der Waals surface area (Å²) in [5.74, 6) is 0. The summed E-state index contributed by atoms with van der Waals surface area (Å²) in [5, 5.41) is 0. The number of hydrogen-bond acceptors (Lipinski definition) is 2. The van der Waals surface area contributed by atoms with Gasteiger partial charge in [-0.1, -0.05) is 25.7 Å². The molecule has 0 saturated heterocycles. The van der Waals surface area contributed by atoms with E-state index in [1.54, 1.807) is 0 Å². The zero-order chi connectivity index (χ0) is 7.40. The molecule has 0 heterocycles. The van der Waals surface area contributed by atoms with E-state index in [-0.39, 0.29) is 12.1 Å². The predicted octanol–water partition coefficient (Wildman–Crippen LogP) is 0.995. The third-order valence-electron chi connectivity index (χ3n) is 2.37. The summed E-state index contributed by atoms with van der Waals surface area (Å²) in [4.78, 5) is 0. The van der Waals surface area contributed by atoms with Crippen LogP contribution < -0.4 is 11.5 Å². The van der Waals surface area contributed by atoms with Crippen molar-refractivity contribution in [1.29, 1.82) is 0 Å². The van der Waals surface area contributed by atoms with Gasteiger partial charge in [-0.3, -0.25) is 0 Å².